The third-order valence-electron chi connectivity index (χ3n) is 4.89. The zero-order valence-corrected chi connectivity index (χ0v) is 12.0. The van der Waals surface area contributed by atoms with Crippen LogP contribution >= 0.6 is 0 Å². The highest BCUT2D eigenvalue weighted by molar-refractivity contribution is 6.05. The number of fused-ring (bicyclic) bond motifs is 1. The highest BCUT2D eigenvalue weighted by Gasteiger charge is 2.51. The Morgan fingerprint density at radius 3 is 2.25 bits per heavy atom. The SMILES string of the molecule is CCC1CC2C(=O)N(CCC3OCCCO3)C(=O)C2C1. The number of hydrogen-bond acceptors (Lipinski definition) is 4. The average molecular weight is 281 g/mol. The predicted molar refractivity (Wildman–Crippen MR) is 71.6 cm³/mol. The van der Waals surface area contributed by atoms with Gasteiger partial charge in [0.1, 0.15) is 0 Å². The van der Waals surface area contributed by atoms with Crippen LogP contribution in [0.2, 0.25) is 0 Å². The second-order valence-corrected chi connectivity index (χ2v) is 6.10. The lowest BCUT2D eigenvalue weighted by atomic mass is 10.00. The Morgan fingerprint density at radius 2 is 1.70 bits per heavy atom. The average Bonchev–Trinajstić information content (AvgIpc) is 3.00. The third-order valence-corrected chi connectivity index (χ3v) is 4.89. The second kappa shape index (κ2) is 5.82. The van der Waals surface area contributed by atoms with E-state index in [0.717, 1.165) is 25.7 Å². The minimum absolute atomic E-state index is 0.0340. The van der Waals surface area contributed by atoms with Gasteiger partial charge in [0.15, 0.2) is 6.29 Å². The molecule has 2 aliphatic heterocycles. The lowest BCUT2D eigenvalue weighted by molar-refractivity contribution is -0.183. The zero-order chi connectivity index (χ0) is 14.1. The Labute approximate surface area is 119 Å². The molecule has 0 spiro atoms. The van der Waals surface area contributed by atoms with Gasteiger partial charge in [-0.1, -0.05) is 13.3 Å². The number of hydrogen-bond donors (Lipinski definition) is 0. The van der Waals surface area contributed by atoms with Crippen molar-refractivity contribution in [3.05, 3.63) is 0 Å². The van der Waals surface area contributed by atoms with Crippen molar-refractivity contribution >= 4 is 11.8 Å². The van der Waals surface area contributed by atoms with Crippen molar-refractivity contribution in [1.29, 1.82) is 0 Å². The Hall–Kier alpha value is -0.940. The lowest BCUT2D eigenvalue weighted by Gasteiger charge is -2.25. The molecule has 5 heteroatoms. The van der Waals surface area contributed by atoms with Crippen LogP contribution in [-0.4, -0.2) is 42.8 Å². The Morgan fingerprint density at radius 1 is 1.10 bits per heavy atom. The van der Waals surface area contributed by atoms with Crippen LogP contribution in [0.4, 0.5) is 0 Å². The van der Waals surface area contributed by atoms with Gasteiger partial charge >= 0.3 is 0 Å². The topological polar surface area (TPSA) is 55.8 Å². The molecule has 0 N–H and O–H groups in total. The molecular weight excluding hydrogens is 258 g/mol. The van der Waals surface area contributed by atoms with E-state index in [1.54, 1.807) is 0 Å². The van der Waals surface area contributed by atoms with Gasteiger partial charge in [-0.3, -0.25) is 14.5 Å². The molecule has 3 rings (SSSR count). The quantitative estimate of drug-likeness (QED) is 0.734. The van der Waals surface area contributed by atoms with Crippen molar-refractivity contribution in [2.75, 3.05) is 19.8 Å². The molecule has 2 saturated heterocycles. The minimum Gasteiger partial charge on any atom is -0.353 e. The number of nitrogens with zero attached hydrogens (tertiary/aromatic N) is 1. The molecule has 3 fully saturated rings. The van der Waals surface area contributed by atoms with Crippen molar-refractivity contribution in [2.45, 2.75) is 45.3 Å². The Kier molecular flexibility index (Phi) is 4.08. The molecule has 2 amide bonds. The maximum Gasteiger partial charge on any atom is 0.233 e. The molecule has 2 heterocycles. The molecule has 5 nitrogen and oxygen atoms in total. The number of ether oxygens (including phenoxy) is 2. The van der Waals surface area contributed by atoms with E-state index in [9.17, 15) is 9.59 Å². The molecule has 112 valence electrons. The first-order valence-corrected chi connectivity index (χ1v) is 7.79. The molecule has 1 saturated carbocycles. The summed E-state index contributed by atoms with van der Waals surface area (Å²) in [7, 11) is 0. The standard InChI is InChI=1S/C15H23NO4/c1-2-10-8-11-12(9-10)15(18)16(14(11)17)5-4-13-19-6-3-7-20-13/h10-13H,2-9H2,1H3. The molecule has 2 unspecified atom stereocenters. The number of amides is 2. The fourth-order valence-corrected chi connectivity index (χ4v) is 3.69. The molecule has 0 aromatic carbocycles. The first-order chi connectivity index (χ1) is 9.70. The van der Waals surface area contributed by atoms with E-state index in [0.29, 0.717) is 32.1 Å². The summed E-state index contributed by atoms with van der Waals surface area (Å²) in [6.45, 7) is 3.98. The second-order valence-electron chi connectivity index (χ2n) is 6.10. The Bertz CT molecular complexity index is 367. The van der Waals surface area contributed by atoms with Gasteiger partial charge in [0, 0.05) is 13.0 Å². The van der Waals surface area contributed by atoms with Gasteiger partial charge in [-0.2, -0.15) is 0 Å². The monoisotopic (exact) mass is 281 g/mol. The lowest BCUT2D eigenvalue weighted by Crippen LogP contribution is -2.36. The summed E-state index contributed by atoms with van der Waals surface area (Å²) in [5, 5.41) is 0. The molecule has 0 bridgehead atoms. The maximum absolute atomic E-state index is 12.4. The highest BCUT2D eigenvalue weighted by atomic mass is 16.7. The van der Waals surface area contributed by atoms with E-state index in [2.05, 4.69) is 6.92 Å². The molecule has 0 radical (unpaired) electrons. The molecule has 0 aromatic rings. The Balaban J connectivity index is 1.56. The molecule has 1 aliphatic carbocycles. The fourth-order valence-electron chi connectivity index (χ4n) is 3.69. The smallest absolute Gasteiger partial charge is 0.233 e. The fraction of sp³-hybridized carbons (Fsp3) is 0.867. The van der Waals surface area contributed by atoms with E-state index < -0.39 is 0 Å². The highest BCUT2D eigenvalue weighted by Crippen LogP contribution is 2.44. The van der Waals surface area contributed by atoms with Crippen LogP contribution in [0.15, 0.2) is 0 Å². The molecular formula is C15H23NO4. The van der Waals surface area contributed by atoms with Gasteiger partial charge in [-0.25, -0.2) is 0 Å². The first kappa shape index (κ1) is 14.0. The summed E-state index contributed by atoms with van der Waals surface area (Å²) in [6, 6.07) is 0. The van der Waals surface area contributed by atoms with Crippen molar-refractivity contribution < 1.29 is 19.1 Å². The van der Waals surface area contributed by atoms with Gasteiger partial charge < -0.3 is 9.47 Å². The normalized spacial score (nSPS) is 34.9. The van der Waals surface area contributed by atoms with Crippen LogP contribution in [0.1, 0.15) is 39.0 Å². The van der Waals surface area contributed by atoms with Crippen molar-refractivity contribution in [3.63, 3.8) is 0 Å². The van der Waals surface area contributed by atoms with Crippen LogP contribution < -0.4 is 0 Å². The van der Waals surface area contributed by atoms with E-state index in [-0.39, 0.29) is 29.9 Å². The van der Waals surface area contributed by atoms with Gasteiger partial charge in [0.25, 0.3) is 0 Å². The number of rotatable bonds is 4. The number of carbonyl (C=O) groups is 2. The number of imide groups is 1. The van der Waals surface area contributed by atoms with Crippen LogP contribution in [0.25, 0.3) is 0 Å². The molecule has 0 aromatic heterocycles. The summed E-state index contributed by atoms with van der Waals surface area (Å²) in [5.41, 5.74) is 0. The van der Waals surface area contributed by atoms with Crippen LogP contribution in [-0.2, 0) is 19.1 Å². The van der Waals surface area contributed by atoms with Gasteiger partial charge in [0.2, 0.25) is 11.8 Å². The molecule has 3 aliphatic rings. The van der Waals surface area contributed by atoms with Gasteiger partial charge in [-0.15, -0.1) is 0 Å². The largest absolute Gasteiger partial charge is 0.353 e. The van der Waals surface area contributed by atoms with E-state index in [1.165, 1.54) is 4.90 Å². The van der Waals surface area contributed by atoms with Gasteiger partial charge in [0.05, 0.1) is 25.0 Å². The zero-order valence-electron chi connectivity index (χ0n) is 12.0. The third kappa shape index (κ3) is 2.49. The summed E-state index contributed by atoms with van der Waals surface area (Å²) >= 11 is 0. The molecule has 20 heavy (non-hydrogen) atoms. The maximum atomic E-state index is 12.4. The summed E-state index contributed by atoms with van der Waals surface area (Å²) in [4.78, 5) is 26.2. The predicted octanol–water partition coefficient (Wildman–Crippen LogP) is 1.56. The van der Waals surface area contributed by atoms with Crippen molar-refractivity contribution in [2.24, 2.45) is 17.8 Å². The summed E-state index contributed by atoms with van der Waals surface area (Å²) < 4.78 is 10.9. The van der Waals surface area contributed by atoms with Crippen LogP contribution in [0, 0.1) is 17.8 Å². The first-order valence-electron chi connectivity index (χ1n) is 7.79. The number of likely N-dealkylation sites (tertiary alicyclic amines) is 1. The molecule has 2 atom stereocenters. The van der Waals surface area contributed by atoms with Crippen molar-refractivity contribution in [1.82, 2.24) is 4.90 Å². The van der Waals surface area contributed by atoms with Gasteiger partial charge in [-0.05, 0) is 25.2 Å². The summed E-state index contributed by atoms with van der Waals surface area (Å²) in [6.07, 6.45) is 4.09. The summed E-state index contributed by atoms with van der Waals surface area (Å²) in [5.74, 6) is 0.505. The van der Waals surface area contributed by atoms with Crippen LogP contribution in [0.5, 0.6) is 0 Å². The van der Waals surface area contributed by atoms with Crippen LogP contribution in [0.3, 0.4) is 0 Å². The number of carbonyl (C=O) groups excluding carboxylic acids is 2. The minimum atomic E-state index is -0.256. The van der Waals surface area contributed by atoms with E-state index >= 15 is 0 Å². The van der Waals surface area contributed by atoms with E-state index in [1.807, 2.05) is 0 Å². The van der Waals surface area contributed by atoms with E-state index in [4.69, 9.17) is 9.47 Å². The van der Waals surface area contributed by atoms with Crippen molar-refractivity contribution in [3.8, 4) is 0 Å².